The molecule has 0 aliphatic carbocycles. The number of anilines is 4. The van der Waals surface area contributed by atoms with Gasteiger partial charge in [0.1, 0.15) is 23.2 Å². The number of rotatable bonds is 4. The van der Waals surface area contributed by atoms with Gasteiger partial charge in [0.2, 0.25) is 0 Å². The van der Waals surface area contributed by atoms with Crippen molar-refractivity contribution in [2.45, 2.75) is 13.8 Å². The minimum atomic E-state index is -1.55. The Balaban J connectivity index is 1.87. The molecule has 2 aromatic heterocycles. The summed E-state index contributed by atoms with van der Waals surface area (Å²) < 4.78 is 44.9. The maximum atomic E-state index is 13.7. The van der Waals surface area contributed by atoms with Gasteiger partial charge in [-0.1, -0.05) is 5.16 Å². The van der Waals surface area contributed by atoms with E-state index in [0.717, 1.165) is 12.1 Å². The average molecular weight is 335 g/mol. The Morgan fingerprint density at radius 2 is 1.58 bits per heavy atom. The molecule has 2 heterocycles. The molecule has 0 spiro atoms. The molecule has 0 bridgehead atoms. The lowest BCUT2D eigenvalue weighted by Gasteiger charge is -2.10. The van der Waals surface area contributed by atoms with Crippen molar-refractivity contribution in [1.82, 2.24) is 15.1 Å². The third kappa shape index (κ3) is 3.29. The van der Waals surface area contributed by atoms with E-state index in [1.165, 1.54) is 6.07 Å². The first-order valence-corrected chi connectivity index (χ1v) is 6.89. The average Bonchev–Trinajstić information content (AvgIpc) is 2.92. The highest BCUT2D eigenvalue weighted by Gasteiger charge is 2.14. The van der Waals surface area contributed by atoms with Gasteiger partial charge in [-0.2, -0.15) is 0 Å². The van der Waals surface area contributed by atoms with Crippen LogP contribution in [0.25, 0.3) is 0 Å². The summed E-state index contributed by atoms with van der Waals surface area (Å²) in [6.45, 7) is 3.37. The number of hydrogen-bond acceptors (Lipinski definition) is 6. The predicted molar refractivity (Wildman–Crippen MR) is 80.9 cm³/mol. The SMILES string of the molecule is Cc1nc(Nc2cc(C)on2)cc(Nc2ccc(F)c(F)c2F)n1. The van der Waals surface area contributed by atoms with Crippen LogP contribution in [0.3, 0.4) is 0 Å². The van der Waals surface area contributed by atoms with Gasteiger partial charge >= 0.3 is 0 Å². The minimum absolute atomic E-state index is 0.204. The van der Waals surface area contributed by atoms with Crippen molar-refractivity contribution in [3.63, 3.8) is 0 Å². The third-order valence-corrected chi connectivity index (χ3v) is 3.02. The Morgan fingerprint density at radius 1 is 0.875 bits per heavy atom. The predicted octanol–water partition coefficient (Wildman–Crippen LogP) is 3.99. The summed E-state index contributed by atoms with van der Waals surface area (Å²) in [5.74, 6) is -2.13. The second-order valence-electron chi connectivity index (χ2n) is 4.98. The second kappa shape index (κ2) is 6.19. The van der Waals surface area contributed by atoms with E-state index in [0.29, 0.717) is 23.2 Å². The number of nitrogens with one attached hydrogen (secondary N) is 2. The monoisotopic (exact) mass is 335 g/mol. The van der Waals surface area contributed by atoms with Crippen LogP contribution in [0.2, 0.25) is 0 Å². The van der Waals surface area contributed by atoms with Crippen molar-refractivity contribution in [2.24, 2.45) is 0 Å². The molecule has 3 aromatic rings. The largest absolute Gasteiger partial charge is 0.360 e. The molecule has 0 atom stereocenters. The fourth-order valence-corrected chi connectivity index (χ4v) is 2.01. The zero-order valence-corrected chi connectivity index (χ0v) is 12.7. The molecule has 6 nitrogen and oxygen atoms in total. The number of hydrogen-bond donors (Lipinski definition) is 2. The molecule has 0 saturated carbocycles. The molecule has 0 saturated heterocycles. The Morgan fingerprint density at radius 3 is 2.25 bits per heavy atom. The fraction of sp³-hybridized carbons (Fsp3) is 0.133. The lowest BCUT2D eigenvalue weighted by Crippen LogP contribution is -2.04. The van der Waals surface area contributed by atoms with Crippen molar-refractivity contribution in [3.8, 4) is 0 Å². The minimum Gasteiger partial charge on any atom is -0.360 e. The van der Waals surface area contributed by atoms with Crippen LogP contribution in [0, 0.1) is 31.3 Å². The molecule has 2 N–H and O–H groups in total. The molecule has 0 unspecified atom stereocenters. The molecule has 9 heteroatoms. The fourth-order valence-electron chi connectivity index (χ4n) is 2.01. The van der Waals surface area contributed by atoms with Gasteiger partial charge in [0.15, 0.2) is 23.3 Å². The van der Waals surface area contributed by atoms with Gasteiger partial charge in [0.25, 0.3) is 0 Å². The quantitative estimate of drug-likeness (QED) is 0.702. The van der Waals surface area contributed by atoms with Crippen LogP contribution < -0.4 is 10.6 Å². The normalized spacial score (nSPS) is 10.7. The van der Waals surface area contributed by atoms with E-state index < -0.39 is 17.5 Å². The Kier molecular flexibility index (Phi) is 4.07. The van der Waals surface area contributed by atoms with Gasteiger partial charge in [-0.15, -0.1) is 0 Å². The lowest BCUT2D eigenvalue weighted by molar-refractivity contribution is 0.400. The summed E-state index contributed by atoms with van der Waals surface area (Å²) >= 11 is 0. The first-order valence-electron chi connectivity index (χ1n) is 6.89. The number of halogens is 3. The molecule has 0 radical (unpaired) electrons. The van der Waals surface area contributed by atoms with Crippen LogP contribution in [-0.2, 0) is 0 Å². The van der Waals surface area contributed by atoms with Crippen molar-refractivity contribution in [2.75, 3.05) is 10.6 Å². The van der Waals surface area contributed by atoms with E-state index in [4.69, 9.17) is 4.52 Å². The molecule has 124 valence electrons. The van der Waals surface area contributed by atoms with Crippen LogP contribution in [-0.4, -0.2) is 15.1 Å². The number of aryl methyl sites for hydroxylation is 2. The summed E-state index contributed by atoms with van der Waals surface area (Å²) in [5.41, 5.74) is -0.241. The van der Waals surface area contributed by atoms with Crippen molar-refractivity contribution in [1.29, 1.82) is 0 Å². The molecule has 0 aliphatic rings. The molecule has 3 rings (SSSR count). The first-order chi connectivity index (χ1) is 11.4. The molecule has 0 amide bonds. The van der Waals surface area contributed by atoms with Crippen molar-refractivity contribution in [3.05, 3.63) is 53.3 Å². The first kappa shape index (κ1) is 15.8. The van der Waals surface area contributed by atoms with E-state index in [9.17, 15) is 13.2 Å². The Labute approximate surface area is 134 Å². The second-order valence-corrected chi connectivity index (χ2v) is 4.98. The molecule has 1 aromatic carbocycles. The number of aromatic nitrogens is 3. The molecular weight excluding hydrogens is 323 g/mol. The van der Waals surface area contributed by atoms with Gasteiger partial charge in [0, 0.05) is 12.1 Å². The summed E-state index contributed by atoms with van der Waals surface area (Å²) in [4.78, 5) is 8.24. The van der Waals surface area contributed by atoms with Crippen molar-refractivity contribution < 1.29 is 17.7 Å². The van der Waals surface area contributed by atoms with E-state index >= 15 is 0 Å². The lowest BCUT2D eigenvalue weighted by atomic mass is 10.2. The Bertz CT molecular complexity index is 897. The molecule has 0 aliphatic heterocycles. The third-order valence-electron chi connectivity index (χ3n) is 3.02. The van der Waals surface area contributed by atoms with Crippen LogP contribution in [0.4, 0.5) is 36.3 Å². The van der Waals surface area contributed by atoms with Gasteiger partial charge in [0.05, 0.1) is 5.69 Å². The zero-order chi connectivity index (χ0) is 17.3. The van der Waals surface area contributed by atoms with Crippen molar-refractivity contribution >= 4 is 23.1 Å². The van der Waals surface area contributed by atoms with E-state index in [2.05, 4.69) is 25.8 Å². The topological polar surface area (TPSA) is 75.9 Å². The zero-order valence-electron chi connectivity index (χ0n) is 12.7. The standard InChI is InChI=1S/C15H12F3N5O/c1-7-5-13(23-24-7)22-12-6-11(19-8(2)20-12)21-10-4-3-9(16)14(17)15(10)18/h3-6H,1-2H3,(H2,19,20,21,22,23). The summed E-state index contributed by atoms with van der Waals surface area (Å²) in [6, 6.07) is 5.04. The van der Waals surface area contributed by atoms with Crippen LogP contribution in [0.15, 0.2) is 28.8 Å². The molecular formula is C15H12F3N5O. The van der Waals surface area contributed by atoms with Gasteiger partial charge < -0.3 is 15.2 Å². The van der Waals surface area contributed by atoms with Gasteiger partial charge in [-0.3, -0.25) is 0 Å². The van der Waals surface area contributed by atoms with Gasteiger partial charge in [-0.05, 0) is 26.0 Å². The number of nitrogens with zero attached hydrogens (tertiary/aromatic N) is 3. The molecule has 0 fully saturated rings. The van der Waals surface area contributed by atoms with Crippen LogP contribution in [0.5, 0.6) is 0 Å². The maximum Gasteiger partial charge on any atom is 0.196 e. The van der Waals surface area contributed by atoms with E-state index in [1.807, 2.05) is 0 Å². The highest BCUT2D eigenvalue weighted by Crippen LogP contribution is 2.24. The summed E-state index contributed by atoms with van der Waals surface area (Å²) in [5, 5.41) is 9.27. The summed E-state index contributed by atoms with van der Waals surface area (Å²) in [7, 11) is 0. The highest BCUT2D eigenvalue weighted by atomic mass is 19.2. The summed E-state index contributed by atoms with van der Waals surface area (Å²) in [6.07, 6.45) is 0. The smallest absolute Gasteiger partial charge is 0.196 e. The number of benzene rings is 1. The molecule has 24 heavy (non-hydrogen) atoms. The van der Waals surface area contributed by atoms with Crippen LogP contribution in [0.1, 0.15) is 11.6 Å². The Hall–Kier alpha value is -3.10. The highest BCUT2D eigenvalue weighted by molar-refractivity contribution is 5.62. The van der Waals surface area contributed by atoms with Crippen LogP contribution >= 0.6 is 0 Å². The van der Waals surface area contributed by atoms with E-state index in [1.54, 1.807) is 19.9 Å². The van der Waals surface area contributed by atoms with Gasteiger partial charge in [-0.25, -0.2) is 23.1 Å². The maximum absolute atomic E-state index is 13.7. The van der Waals surface area contributed by atoms with E-state index in [-0.39, 0.29) is 11.5 Å².